The molecule has 6 nitrogen and oxygen atoms in total. The van der Waals surface area contributed by atoms with Crippen LogP contribution in [-0.4, -0.2) is 37.2 Å². The monoisotopic (exact) mass is 1030 g/mol. The first kappa shape index (κ1) is 70.6. The van der Waals surface area contributed by atoms with Crippen LogP contribution in [0.5, 0.6) is 0 Å². The molecule has 1 atom stereocenters. The van der Waals surface area contributed by atoms with Crippen LogP contribution in [0, 0.1) is 0 Å². The maximum Gasteiger partial charge on any atom is 0.306 e. The van der Waals surface area contributed by atoms with E-state index in [1.807, 2.05) is 0 Å². The molecule has 0 aliphatic heterocycles. The van der Waals surface area contributed by atoms with Gasteiger partial charge in [-0.15, -0.1) is 0 Å². The standard InChI is InChI=1S/C68H118O6/c1-4-7-10-13-16-19-22-25-27-29-31-33-34-36-37-39-41-43-46-49-52-55-58-61-67(70)73-64-65(63-72-66(69)60-57-54-51-48-45-24-21-18-15-12-9-6-3)74-68(71)62-59-56-53-50-47-44-42-40-38-35-32-30-28-26-23-20-17-14-11-8-5-2/h8,11,17,20,22,25-26,28-29,31-32,34-36,65H,4-7,9-10,12-16,18-19,21,23-24,27,30,33,37-64H2,1-3H3/b11-8-,20-17-,25-22-,28-26-,31-29-,35-32-,36-34-. The summed E-state index contributed by atoms with van der Waals surface area (Å²) in [5, 5.41) is 0. The predicted molar refractivity (Wildman–Crippen MR) is 321 cm³/mol. The molecule has 426 valence electrons. The molecule has 0 saturated carbocycles. The van der Waals surface area contributed by atoms with E-state index < -0.39 is 6.10 Å². The van der Waals surface area contributed by atoms with Crippen molar-refractivity contribution in [1.82, 2.24) is 0 Å². The molecule has 74 heavy (non-hydrogen) atoms. The third-order valence-corrected chi connectivity index (χ3v) is 13.6. The lowest BCUT2D eigenvalue weighted by Crippen LogP contribution is -2.30. The molecule has 0 rings (SSSR count). The Kier molecular flexibility index (Phi) is 59.3. The summed E-state index contributed by atoms with van der Waals surface area (Å²) in [7, 11) is 0. The number of esters is 3. The van der Waals surface area contributed by atoms with E-state index in [1.165, 1.54) is 161 Å². The molecule has 0 bridgehead atoms. The number of ether oxygens (including phenoxy) is 3. The van der Waals surface area contributed by atoms with Crippen molar-refractivity contribution < 1.29 is 28.6 Å². The lowest BCUT2D eigenvalue weighted by molar-refractivity contribution is -0.167. The third-order valence-electron chi connectivity index (χ3n) is 13.6. The highest BCUT2D eigenvalue weighted by molar-refractivity contribution is 5.71. The van der Waals surface area contributed by atoms with Gasteiger partial charge in [0.25, 0.3) is 0 Å². The molecule has 0 aliphatic carbocycles. The second-order valence-electron chi connectivity index (χ2n) is 20.9. The van der Waals surface area contributed by atoms with Gasteiger partial charge in [0.05, 0.1) is 0 Å². The van der Waals surface area contributed by atoms with E-state index in [4.69, 9.17) is 14.2 Å². The van der Waals surface area contributed by atoms with E-state index in [0.29, 0.717) is 19.3 Å². The summed E-state index contributed by atoms with van der Waals surface area (Å²) < 4.78 is 16.9. The van der Waals surface area contributed by atoms with E-state index in [1.54, 1.807) is 0 Å². The zero-order valence-electron chi connectivity index (χ0n) is 48.8. The maximum atomic E-state index is 12.9. The summed E-state index contributed by atoms with van der Waals surface area (Å²) in [6, 6.07) is 0. The highest BCUT2D eigenvalue weighted by Gasteiger charge is 2.19. The summed E-state index contributed by atoms with van der Waals surface area (Å²) >= 11 is 0. The minimum Gasteiger partial charge on any atom is -0.462 e. The van der Waals surface area contributed by atoms with Gasteiger partial charge in [-0.1, -0.05) is 279 Å². The molecule has 0 saturated heterocycles. The number of rotatable bonds is 57. The Morgan fingerprint density at radius 1 is 0.284 bits per heavy atom. The molecule has 6 heteroatoms. The maximum absolute atomic E-state index is 12.9. The number of carbonyl (C=O) groups excluding carboxylic acids is 3. The van der Waals surface area contributed by atoms with Crippen molar-refractivity contribution >= 4 is 17.9 Å². The van der Waals surface area contributed by atoms with Crippen LogP contribution >= 0.6 is 0 Å². The van der Waals surface area contributed by atoms with Crippen LogP contribution < -0.4 is 0 Å². The smallest absolute Gasteiger partial charge is 0.306 e. The van der Waals surface area contributed by atoms with Gasteiger partial charge in [0.1, 0.15) is 13.2 Å². The number of unbranched alkanes of at least 4 members (excludes halogenated alkanes) is 32. The number of hydrogen-bond acceptors (Lipinski definition) is 6. The second kappa shape index (κ2) is 62.1. The first-order valence-corrected chi connectivity index (χ1v) is 31.6. The van der Waals surface area contributed by atoms with Gasteiger partial charge in [0, 0.05) is 19.3 Å². The second-order valence-corrected chi connectivity index (χ2v) is 20.9. The molecule has 0 spiro atoms. The Hall–Kier alpha value is -3.41. The summed E-state index contributed by atoms with van der Waals surface area (Å²) in [4.78, 5) is 38.3. The van der Waals surface area contributed by atoms with Crippen molar-refractivity contribution in [1.29, 1.82) is 0 Å². The van der Waals surface area contributed by atoms with Crippen molar-refractivity contribution in [3.63, 3.8) is 0 Å². The molecule has 0 fully saturated rings. The molecule has 0 aromatic carbocycles. The summed E-state index contributed by atoms with van der Waals surface area (Å²) in [5.74, 6) is -0.884. The van der Waals surface area contributed by atoms with Crippen LogP contribution in [0.2, 0.25) is 0 Å². The van der Waals surface area contributed by atoms with Crippen molar-refractivity contribution in [2.24, 2.45) is 0 Å². The molecule has 0 N–H and O–H groups in total. The quantitative estimate of drug-likeness (QED) is 0.0261. The molecule has 1 unspecified atom stereocenters. The molecular formula is C68H118O6. The summed E-state index contributed by atoms with van der Waals surface area (Å²) in [6.07, 6.45) is 81.5. The third kappa shape index (κ3) is 59.5. The van der Waals surface area contributed by atoms with Crippen molar-refractivity contribution in [3.8, 4) is 0 Å². The predicted octanol–water partition coefficient (Wildman–Crippen LogP) is 21.5. The Morgan fingerprint density at radius 2 is 0.527 bits per heavy atom. The Balaban J connectivity index is 4.34. The number of allylic oxidation sites excluding steroid dienone is 14. The zero-order chi connectivity index (χ0) is 53.6. The SMILES string of the molecule is CC/C=C\C/C=C\C/C=C\C/C=C\CCCCCCCCCCC(=O)OC(COC(=O)CCCCCCCCCC/C=C\C/C=C\C/C=C\CCCCCCC)COC(=O)CCCCCCCCCCCCCC. The minimum atomic E-state index is -0.784. The molecule has 0 amide bonds. The van der Waals surface area contributed by atoms with Crippen LogP contribution in [0.1, 0.15) is 310 Å². The number of hydrogen-bond donors (Lipinski definition) is 0. The van der Waals surface area contributed by atoms with E-state index in [-0.39, 0.29) is 31.1 Å². The van der Waals surface area contributed by atoms with Crippen LogP contribution in [0.15, 0.2) is 85.1 Å². The van der Waals surface area contributed by atoms with Crippen molar-refractivity contribution in [2.75, 3.05) is 13.2 Å². The molecule has 0 radical (unpaired) electrons. The molecule has 0 aromatic rings. The van der Waals surface area contributed by atoms with E-state index in [2.05, 4.69) is 106 Å². The van der Waals surface area contributed by atoms with Crippen molar-refractivity contribution in [3.05, 3.63) is 85.1 Å². The van der Waals surface area contributed by atoms with Crippen molar-refractivity contribution in [2.45, 2.75) is 316 Å². The topological polar surface area (TPSA) is 78.9 Å². The normalized spacial score (nSPS) is 12.6. The lowest BCUT2D eigenvalue weighted by atomic mass is 10.0. The van der Waals surface area contributed by atoms with Gasteiger partial charge >= 0.3 is 17.9 Å². The molecule has 0 heterocycles. The van der Waals surface area contributed by atoms with Gasteiger partial charge in [-0.05, 0) is 96.3 Å². The fourth-order valence-electron chi connectivity index (χ4n) is 8.91. The van der Waals surface area contributed by atoms with E-state index in [0.717, 1.165) is 109 Å². The Labute approximate surface area is 458 Å². The first-order chi connectivity index (χ1) is 36.5. The van der Waals surface area contributed by atoms with Crippen LogP contribution in [-0.2, 0) is 28.6 Å². The average Bonchev–Trinajstić information content (AvgIpc) is 3.40. The van der Waals surface area contributed by atoms with Crippen LogP contribution in [0.25, 0.3) is 0 Å². The van der Waals surface area contributed by atoms with Crippen LogP contribution in [0.3, 0.4) is 0 Å². The van der Waals surface area contributed by atoms with Gasteiger partial charge in [0.15, 0.2) is 6.10 Å². The fraction of sp³-hybridized carbons (Fsp3) is 0.750. The average molecular weight is 1030 g/mol. The molecular weight excluding hydrogens is 913 g/mol. The van der Waals surface area contributed by atoms with Gasteiger partial charge in [-0.2, -0.15) is 0 Å². The van der Waals surface area contributed by atoms with Gasteiger partial charge in [-0.3, -0.25) is 14.4 Å². The summed E-state index contributed by atoms with van der Waals surface area (Å²) in [6.45, 7) is 6.53. The molecule has 0 aromatic heterocycles. The molecule has 0 aliphatic rings. The van der Waals surface area contributed by atoms with E-state index in [9.17, 15) is 14.4 Å². The first-order valence-electron chi connectivity index (χ1n) is 31.6. The Bertz CT molecular complexity index is 1420. The minimum absolute atomic E-state index is 0.0799. The van der Waals surface area contributed by atoms with Gasteiger partial charge in [-0.25, -0.2) is 0 Å². The highest BCUT2D eigenvalue weighted by atomic mass is 16.6. The van der Waals surface area contributed by atoms with E-state index >= 15 is 0 Å². The lowest BCUT2D eigenvalue weighted by Gasteiger charge is -2.18. The largest absolute Gasteiger partial charge is 0.462 e. The fourth-order valence-corrected chi connectivity index (χ4v) is 8.91. The number of carbonyl (C=O) groups is 3. The van der Waals surface area contributed by atoms with Crippen LogP contribution in [0.4, 0.5) is 0 Å². The Morgan fingerprint density at radius 3 is 0.824 bits per heavy atom. The van der Waals surface area contributed by atoms with Gasteiger partial charge < -0.3 is 14.2 Å². The zero-order valence-corrected chi connectivity index (χ0v) is 48.8. The summed E-state index contributed by atoms with van der Waals surface area (Å²) in [5.41, 5.74) is 0. The van der Waals surface area contributed by atoms with Gasteiger partial charge in [0.2, 0.25) is 0 Å². The highest BCUT2D eigenvalue weighted by Crippen LogP contribution is 2.16.